The molecule has 0 bridgehead atoms. The predicted molar refractivity (Wildman–Crippen MR) is 88.6 cm³/mol. The molecule has 4 heteroatoms. The highest BCUT2D eigenvalue weighted by Crippen LogP contribution is 2.30. The van der Waals surface area contributed by atoms with E-state index in [-0.39, 0.29) is 5.78 Å². The highest BCUT2D eigenvalue weighted by atomic mass is 35.5. The molecule has 1 N–H and O–H groups in total. The van der Waals surface area contributed by atoms with Gasteiger partial charge < -0.3 is 4.98 Å². The van der Waals surface area contributed by atoms with Gasteiger partial charge in [0.2, 0.25) is 5.78 Å². The Morgan fingerprint density at radius 2 is 1.95 bits per heavy atom. The van der Waals surface area contributed by atoms with Crippen LogP contribution in [0.1, 0.15) is 15.2 Å². The summed E-state index contributed by atoms with van der Waals surface area (Å²) in [6.45, 7) is 0. The number of benzene rings is 2. The molecule has 2 aromatic carbocycles. The fourth-order valence-electron chi connectivity index (χ4n) is 2.51. The number of nitrogens with one attached hydrogen (secondary N) is 1. The van der Waals surface area contributed by atoms with Gasteiger partial charge in [0.25, 0.3) is 0 Å². The first-order valence-electron chi connectivity index (χ1n) is 6.52. The van der Waals surface area contributed by atoms with Gasteiger partial charge in [0.05, 0.1) is 4.88 Å². The zero-order chi connectivity index (χ0) is 14.4. The van der Waals surface area contributed by atoms with Gasteiger partial charge in [0.1, 0.15) is 0 Å². The van der Waals surface area contributed by atoms with E-state index in [9.17, 15) is 4.79 Å². The smallest absolute Gasteiger partial charge is 0.205 e. The second kappa shape index (κ2) is 4.72. The topological polar surface area (TPSA) is 32.9 Å². The molecule has 4 rings (SSSR count). The molecule has 0 atom stereocenters. The second-order valence-electron chi connectivity index (χ2n) is 4.87. The predicted octanol–water partition coefficient (Wildman–Crippen LogP) is 5.27. The van der Waals surface area contributed by atoms with Crippen LogP contribution in [0.3, 0.4) is 0 Å². The number of rotatable bonds is 2. The third-order valence-corrected chi connectivity index (χ3v) is 4.89. The fraction of sp³-hybridized carbons (Fsp3) is 0. The maximum absolute atomic E-state index is 12.7. The van der Waals surface area contributed by atoms with Crippen molar-refractivity contribution in [3.05, 3.63) is 70.2 Å². The summed E-state index contributed by atoms with van der Waals surface area (Å²) >= 11 is 7.56. The van der Waals surface area contributed by atoms with Gasteiger partial charge in [-0.1, -0.05) is 29.8 Å². The highest BCUT2D eigenvalue weighted by Gasteiger charge is 2.16. The number of halogens is 1. The molecule has 21 heavy (non-hydrogen) atoms. The molecule has 0 fully saturated rings. The maximum Gasteiger partial charge on any atom is 0.205 e. The van der Waals surface area contributed by atoms with Crippen LogP contribution >= 0.6 is 22.9 Å². The Hall–Kier alpha value is -2.10. The molecule has 0 radical (unpaired) electrons. The minimum Gasteiger partial charge on any atom is -0.360 e. The Kier molecular flexibility index (Phi) is 2.84. The number of hydrogen-bond acceptors (Lipinski definition) is 2. The molecule has 2 nitrogen and oxygen atoms in total. The van der Waals surface area contributed by atoms with E-state index in [0.29, 0.717) is 10.6 Å². The molecular formula is C17H10ClNOS. The van der Waals surface area contributed by atoms with Gasteiger partial charge in [-0.2, -0.15) is 0 Å². The summed E-state index contributed by atoms with van der Waals surface area (Å²) in [6, 6.07) is 15.5. The minimum atomic E-state index is 0.0321. The molecule has 102 valence electrons. The Morgan fingerprint density at radius 1 is 1.10 bits per heavy atom. The first kappa shape index (κ1) is 12.6. The monoisotopic (exact) mass is 311 g/mol. The van der Waals surface area contributed by atoms with E-state index in [1.54, 1.807) is 6.20 Å². The van der Waals surface area contributed by atoms with Crippen molar-refractivity contribution in [2.24, 2.45) is 0 Å². The van der Waals surface area contributed by atoms with E-state index in [1.165, 1.54) is 11.3 Å². The Labute approximate surface area is 130 Å². The Bertz CT molecular complexity index is 950. The maximum atomic E-state index is 12.7. The molecule has 0 aliphatic heterocycles. The number of H-pyrrole nitrogens is 1. The van der Waals surface area contributed by atoms with E-state index in [0.717, 1.165) is 25.9 Å². The zero-order valence-corrected chi connectivity index (χ0v) is 12.5. The van der Waals surface area contributed by atoms with Crippen molar-refractivity contribution < 1.29 is 4.79 Å². The van der Waals surface area contributed by atoms with Crippen LogP contribution in [0.25, 0.3) is 21.0 Å². The van der Waals surface area contributed by atoms with E-state index >= 15 is 0 Å². The third kappa shape index (κ3) is 2.06. The molecule has 0 unspecified atom stereocenters. The van der Waals surface area contributed by atoms with Crippen LogP contribution in [0.4, 0.5) is 0 Å². The molecule has 2 heterocycles. The molecule has 0 saturated carbocycles. The van der Waals surface area contributed by atoms with Crippen molar-refractivity contribution >= 4 is 49.7 Å². The lowest BCUT2D eigenvalue weighted by Crippen LogP contribution is -1.96. The number of carbonyl (C=O) groups excluding carboxylic acids is 1. The normalized spacial score (nSPS) is 11.3. The van der Waals surface area contributed by atoms with Gasteiger partial charge in [-0.05, 0) is 35.7 Å². The third-order valence-electron chi connectivity index (χ3n) is 3.54. The number of thiophene rings is 1. The van der Waals surface area contributed by atoms with Crippen LogP contribution in [-0.2, 0) is 0 Å². The lowest BCUT2D eigenvalue weighted by atomic mass is 10.1. The Balaban J connectivity index is 1.87. The molecule has 0 saturated heterocycles. The number of aromatic nitrogens is 1. The molecule has 2 aromatic heterocycles. The molecular weight excluding hydrogens is 302 g/mol. The lowest BCUT2D eigenvalue weighted by Gasteiger charge is -1.96. The summed E-state index contributed by atoms with van der Waals surface area (Å²) in [5, 5.41) is 2.60. The number of carbonyl (C=O) groups is 1. The molecule has 4 aromatic rings. The quantitative estimate of drug-likeness (QED) is 0.503. The summed E-state index contributed by atoms with van der Waals surface area (Å²) in [6.07, 6.45) is 1.76. The van der Waals surface area contributed by atoms with Gasteiger partial charge in [-0.25, -0.2) is 0 Å². The van der Waals surface area contributed by atoms with Gasteiger partial charge in [-0.3, -0.25) is 4.79 Å². The Morgan fingerprint density at radius 3 is 2.81 bits per heavy atom. The van der Waals surface area contributed by atoms with Gasteiger partial charge in [0, 0.05) is 32.4 Å². The average Bonchev–Trinajstić information content (AvgIpc) is 3.09. The summed E-state index contributed by atoms with van der Waals surface area (Å²) in [7, 11) is 0. The van der Waals surface area contributed by atoms with E-state index in [2.05, 4.69) is 4.98 Å². The molecule has 0 spiro atoms. The SMILES string of the molecule is O=C(c1cc2ccccc2s1)c1c[nH]c2ccc(Cl)cc12. The number of hydrogen-bond donors (Lipinski definition) is 1. The van der Waals surface area contributed by atoms with Crippen LogP contribution in [0.15, 0.2) is 54.7 Å². The van der Waals surface area contributed by atoms with Crippen molar-refractivity contribution in [3.63, 3.8) is 0 Å². The standard InChI is InChI=1S/C17H10ClNOS/c18-11-5-6-14-12(8-11)13(9-19-14)17(20)16-7-10-3-1-2-4-15(10)21-16/h1-9,19H. The van der Waals surface area contributed by atoms with Crippen molar-refractivity contribution in [2.45, 2.75) is 0 Å². The summed E-state index contributed by atoms with van der Waals surface area (Å²) in [4.78, 5) is 16.6. The van der Waals surface area contributed by atoms with Gasteiger partial charge >= 0.3 is 0 Å². The number of fused-ring (bicyclic) bond motifs is 2. The van der Waals surface area contributed by atoms with Crippen molar-refractivity contribution in [1.29, 1.82) is 0 Å². The van der Waals surface area contributed by atoms with Crippen LogP contribution in [0.2, 0.25) is 5.02 Å². The van der Waals surface area contributed by atoms with Gasteiger partial charge in [-0.15, -0.1) is 11.3 Å². The van der Waals surface area contributed by atoms with Gasteiger partial charge in [0.15, 0.2) is 0 Å². The fourth-order valence-corrected chi connectivity index (χ4v) is 3.70. The number of ketones is 1. The number of aromatic amines is 1. The summed E-state index contributed by atoms with van der Waals surface area (Å²) in [5.41, 5.74) is 1.59. The highest BCUT2D eigenvalue weighted by molar-refractivity contribution is 7.21. The zero-order valence-electron chi connectivity index (χ0n) is 10.9. The van der Waals surface area contributed by atoms with Crippen LogP contribution in [-0.4, -0.2) is 10.8 Å². The van der Waals surface area contributed by atoms with E-state index in [1.807, 2.05) is 48.5 Å². The van der Waals surface area contributed by atoms with E-state index in [4.69, 9.17) is 11.6 Å². The second-order valence-corrected chi connectivity index (χ2v) is 6.39. The minimum absolute atomic E-state index is 0.0321. The van der Waals surface area contributed by atoms with Crippen molar-refractivity contribution in [1.82, 2.24) is 4.98 Å². The molecule has 0 aliphatic carbocycles. The van der Waals surface area contributed by atoms with Crippen LogP contribution < -0.4 is 0 Å². The molecule has 0 amide bonds. The first-order valence-corrected chi connectivity index (χ1v) is 7.72. The summed E-state index contributed by atoms with van der Waals surface area (Å²) in [5.74, 6) is 0.0321. The van der Waals surface area contributed by atoms with Crippen LogP contribution in [0.5, 0.6) is 0 Å². The van der Waals surface area contributed by atoms with Crippen molar-refractivity contribution in [3.8, 4) is 0 Å². The van der Waals surface area contributed by atoms with Crippen LogP contribution in [0, 0.1) is 0 Å². The van der Waals surface area contributed by atoms with E-state index < -0.39 is 0 Å². The summed E-state index contributed by atoms with van der Waals surface area (Å²) < 4.78 is 1.12. The first-order chi connectivity index (χ1) is 10.2. The molecule has 0 aliphatic rings. The average molecular weight is 312 g/mol. The van der Waals surface area contributed by atoms with Crippen molar-refractivity contribution in [2.75, 3.05) is 0 Å². The lowest BCUT2D eigenvalue weighted by molar-refractivity contribution is 0.104. The largest absolute Gasteiger partial charge is 0.360 e.